The first-order valence-corrected chi connectivity index (χ1v) is 7.36. The van der Waals surface area contributed by atoms with Gasteiger partial charge in [0, 0.05) is 18.2 Å². The summed E-state index contributed by atoms with van der Waals surface area (Å²) in [4.78, 5) is 2.50. The summed E-state index contributed by atoms with van der Waals surface area (Å²) >= 11 is 0. The lowest BCUT2D eigenvalue weighted by Crippen LogP contribution is -2.39. The minimum atomic E-state index is -0.105. The number of nitrogens with zero attached hydrogens (tertiary/aromatic N) is 1. The molecule has 3 nitrogen and oxygen atoms in total. The molecule has 0 aromatic heterocycles. The van der Waals surface area contributed by atoms with E-state index in [1.165, 1.54) is 25.8 Å². The molecule has 0 aliphatic carbocycles. The smallest absolute Gasteiger partial charge is 0.119 e. The third-order valence-electron chi connectivity index (χ3n) is 3.75. The van der Waals surface area contributed by atoms with E-state index in [2.05, 4.69) is 23.7 Å². The second kappa shape index (κ2) is 7.94. The van der Waals surface area contributed by atoms with Gasteiger partial charge in [0.05, 0.1) is 0 Å². The summed E-state index contributed by atoms with van der Waals surface area (Å²) in [5.74, 6) is 6.38. The van der Waals surface area contributed by atoms with Crippen LogP contribution in [-0.4, -0.2) is 42.4 Å². The zero-order chi connectivity index (χ0) is 14.2. The van der Waals surface area contributed by atoms with Crippen molar-refractivity contribution in [1.29, 1.82) is 0 Å². The van der Waals surface area contributed by atoms with Crippen LogP contribution in [0.25, 0.3) is 0 Å². The van der Waals surface area contributed by atoms with E-state index in [4.69, 9.17) is 9.84 Å². The van der Waals surface area contributed by atoms with Crippen LogP contribution in [0.2, 0.25) is 0 Å². The van der Waals surface area contributed by atoms with Crippen LogP contribution in [0.5, 0.6) is 5.75 Å². The van der Waals surface area contributed by atoms with Crippen molar-refractivity contribution < 1.29 is 9.84 Å². The van der Waals surface area contributed by atoms with Gasteiger partial charge in [0.15, 0.2) is 0 Å². The highest BCUT2D eigenvalue weighted by Gasteiger charge is 2.17. The largest absolute Gasteiger partial charge is 0.492 e. The summed E-state index contributed by atoms with van der Waals surface area (Å²) in [7, 11) is 0. The van der Waals surface area contributed by atoms with Crippen LogP contribution in [0, 0.1) is 11.8 Å². The molecule has 1 aliphatic heterocycles. The van der Waals surface area contributed by atoms with Gasteiger partial charge in [-0.25, -0.2) is 0 Å². The van der Waals surface area contributed by atoms with Crippen molar-refractivity contribution in [3.05, 3.63) is 29.8 Å². The van der Waals surface area contributed by atoms with E-state index in [0.717, 1.165) is 24.5 Å². The fourth-order valence-corrected chi connectivity index (χ4v) is 2.55. The van der Waals surface area contributed by atoms with Gasteiger partial charge in [0.2, 0.25) is 0 Å². The van der Waals surface area contributed by atoms with E-state index in [0.29, 0.717) is 6.04 Å². The number of aliphatic hydroxyl groups is 1. The first-order valence-electron chi connectivity index (χ1n) is 7.36. The van der Waals surface area contributed by atoms with Gasteiger partial charge in [-0.15, -0.1) is 0 Å². The molecule has 108 valence electrons. The Kier molecular flexibility index (Phi) is 5.91. The molecule has 0 radical (unpaired) electrons. The van der Waals surface area contributed by atoms with Crippen LogP contribution < -0.4 is 4.74 Å². The summed E-state index contributed by atoms with van der Waals surface area (Å²) in [5, 5.41) is 8.64. The molecule has 1 aromatic rings. The van der Waals surface area contributed by atoms with Crippen molar-refractivity contribution in [2.45, 2.75) is 32.2 Å². The topological polar surface area (TPSA) is 32.7 Å². The number of ether oxygens (including phenoxy) is 1. The number of hydrogen-bond donors (Lipinski definition) is 1. The molecule has 1 aliphatic rings. The fraction of sp³-hybridized carbons (Fsp3) is 0.529. The second-order valence-corrected chi connectivity index (χ2v) is 5.21. The Morgan fingerprint density at radius 1 is 1.30 bits per heavy atom. The van der Waals surface area contributed by atoms with Gasteiger partial charge in [-0.2, -0.15) is 0 Å². The number of aliphatic hydroxyl groups excluding tert-OH is 1. The van der Waals surface area contributed by atoms with Crippen molar-refractivity contribution in [3.8, 4) is 17.6 Å². The third kappa shape index (κ3) is 4.56. The first-order chi connectivity index (χ1) is 9.79. The van der Waals surface area contributed by atoms with Crippen molar-refractivity contribution in [3.63, 3.8) is 0 Å². The maximum atomic E-state index is 8.64. The molecule has 0 bridgehead atoms. The van der Waals surface area contributed by atoms with Crippen molar-refractivity contribution in [1.82, 2.24) is 4.90 Å². The Labute approximate surface area is 121 Å². The minimum Gasteiger partial charge on any atom is -0.492 e. The molecule has 1 N–H and O–H groups in total. The lowest BCUT2D eigenvalue weighted by Gasteiger charge is -2.33. The molecule has 2 rings (SSSR count). The molecule has 3 heteroatoms. The van der Waals surface area contributed by atoms with E-state index in [1.54, 1.807) is 0 Å². The summed E-state index contributed by atoms with van der Waals surface area (Å²) in [6.45, 7) is 5.11. The Balaban J connectivity index is 1.76. The van der Waals surface area contributed by atoms with Crippen LogP contribution >= 0.6 is 0 Å². The summed E-state index contributed by atoms with van der Waals surface area (Å²) in [6.07, 6.45) is 3.97. The molecule has 0 amide bonds. The molecule has 1 heterocycles. The van der Waals surface area contributed by atoms with Crippen molar-refractivity contribution >= 4 is 0 Å². The van der Waals surface area contributed by atoms with Gasteiger partial charge < -0.3 is 9.84 Å². The van der Waals surface area contributed by atoms with Crippen LogP contribution in [-0.2, 0) is 0 Å². The number of piperidine rings is 1. The average Bonchev–Trinajstić information content (AvgIpc) is 2.48. The molecule has 1 aromatic carbocycles. The van der Waals surface area contributed by atoms with Gasteiger partial charge >= 0.3 is 0 Å². The molecule has 0 saturated carbocycles. The van der Waals surface area contributed by atoms with E-state index in [1.807, 2.05) is 24.3 Å². The van der Waals surface area contributed by atoms with E-state index in [-0.39, 0.29) is 6.61 Å². The molecule has 1 fully saturated rings. The zero-order valence-corrected chi connectivity index (χ0v) is 12.1. The van der Waals surface area contributed by atoms with E-state index >= 15 is 0 Å². The normalized spacial score (nSPS) is 19.2. The molecule has 1 saturated heterocycles. The standard InChI is InChI=1S/C17H23NO2/c1-15-5-2-3-11-18(15)12-14-20-17-9-7-16(8-10-17)6-4-13-19/h7-10,15,19H,2-3,5,11-14H2,1H3. The molecule has 0 spiro atoms. The van der Waals surface area contributed by atoms with Gasteiger partial charge in [0.25, 0.3) is 0 Å². The van der Waals surface area contributed by atoms with Crippen LogP contribution in [0.15, 0.2) is 24.3 Å². The Morgan fingerprint density at radius 2 is 2.10 bits per heavy atom. The Morgan fingerprint density at radius 3 is 2.80 bits per heavy atom. The molecular weight excluding hydrogens is 250 g/mol. The maximum Gasteiger partial charge on any atom is 0.119 e. The quantitative estimate of drug-likeness (QED) is 0.854. The van der Waals surface area contributed by atoms with E-state index < -0.39 is 0 Å². The average molecular weight is 273 g/mol. The number of likely N-dealkylation sites (tertiary alicyclic amines) is 1. The zero-order valence-electron chi connectivity index (χ0n) is 12.1. The van der Waals surface area contributed by atoms with Gasteiger partial charge in [-0.3, -0.25) is 4.90 Å². The number of rotatable bonds is 4. The highest BCUT2D eigenvalue weighted by atomic mass is 16.5. The molecule has 1 unspecified atom stereocenters. The van der Waals surface area contributed by atoms with Crippen LogP contribution in [0.4, 0.5) is 0 Å². The number of benzene rings is 1. The lowest BCUT2D eigenvalue weighted by atomic mass is 10.0. The third-order valence-corrected chi connectivity index (χ3v) is 3.75. The monoisotopic (exact) mass is 273 g/mol. The van der Waals surface area contributed by atoms with Crippen LogP contribution in [0.3, 0.4) is 0 Å². The molecule has 20 heavy (non-hydrogen) atoms. The predicted octanol–water partition coefficient (Wildman–Crippen LogP) is 2.28. The van der Waals surface area contributed by atoms with Gasteiger partial charge in [-0.05, 0) is 50.6 Å². The van der Waals surface area contributed by atoms with E-state index in [9.17, 15) is 0 Å². The highest BCUT2D eigenvalue weighted by Crippen LogP contribution is 2.16. The van der Waals surface area contributed by atoms with Gasteiger partial charge in [-0.1, -0.05) is 18.3 Å². The predicted molar refractivity (Wildman–Crippen MR) is 80.8 cm³/mol. The maximum absolute atomic E-state index is 8.64. The minimum absolute atomic E-state index is 0.105. The molecular formula is C17H23NO2. The second-order valence-electron chi connectivity index (χ2n) is 5.21. The Hall–Kier alpha value is -1.50. The highest BCUT2D eigenvalue weighted by molar-refractivity contribution is 5.38. The van der Waals surface area contributed by atoms with Crippen molar-refractivity contribution in [2.75, 3.05) is 26.3 Å². The first kappa shape index (κ1) is 14.9. The fourth-order valence-electron chi connectivity index (χ4n) is 2.55. The number of hydrogen-bond acceptors (Lipinski definition) is 3. The SMILES string of the molecule is CC1CCCCN1CCOc1ccc(C#CCO)cc1. The molecule has 1 atom stereocenters. The Bertz CT molecular complexity index is 458. The van der Waals surface area contributed by atoms with Crippen LogP contribution in [0.1, 0.15) is 31.7 Å². The van der Waals surface area contributed by atoms with Crippen molar-refractivity contribution in [2.24, 2.45) is 0 Å². The summed E-state index contributed by atoms with van der Waals surface area (Å²) in [5.41, 5.74) is 0.899. The summed E-state index contributed by atoms with van der Waals surface area (Å²) in [6, 6.07) is 8.38. The summed E-state index contributed by atoms with van der Waals surface area (Å²) < 4.78 is 5.78. The van der Waals surface area contributed by atoms with Gasteiger partial charge in [0.1, 0.15) is 19.0 Å². The lowest BCUT2D eigenvalue weighted by molar-refractivity contribution is 0.133.